The van der Waals surface area contributed by atoms with Crippen LogP contribution in [-0.4, -0.2) is 20.7 Å². The van der Waals surface area contributed by atoms with Crippen LogP contribution in [-0.2, 0) is 16.6 Å². The second-order valence-electron chi connectivity index (χ2n) is 4.81. The smallest absolute Gasteiger partial charge is 0.213 e. The summed E-state index contributed by atoms with van der Waals surface area (Å²) in [6.07, 6.45) is 1.78. The Hall–Kier alpha value is -0.980. The lowest BCUT2D eigenvalue weighted by molar-refractivity contribution is 0.557. The fourth-order valence-corrected chi connectivity index (χ4v) is 3.55. The predicted molar refractivity (Wildman–Crippen MR) is 72.7 cm³/mol. The van der Waals surface area contributed by atoms with Crippen molar-refractivity contribution in [2.45, 2.75) is 32.4 Å². The van der Waals surface area contributed by atoms with Crippen LogP contribution in [0.15, 0.2) is 18.2 Å². The van der Waals surface area contributed by atoms with Gasteiger partial charge in [-0.1, -0.05) is 19.4 Å². The van der Waals surface area contributed by atoms with Crippen LogP contribution < -0.4 is 10.0 Å². The molecule has 1 aliphatic rings. The molecule has 0 fully saturated rings. The van der Waals surface area contributed by atoms with Gasteiger partial charge in [0.1, 0.15) is 5.82 Å². The minimum Gasteiger partial charge on any atom is -0.305 e. The van der Waals surface area contributed by atoms with Crippen molar-refractivity contribution in [2.24, 2.45) is 0 Å². The van der Waals surface area contributed by atoms with E-state index in [1.807, 2.05) is 6.92 Å². The first-order valence-corrected chi connectivity index (χ1v) is 8.16. The lowest BCUT2D eigenvalue weighted by Gasteiger charge is -2.13. The molecule has 1 aromatic rings. The number of nitrogens with one attached hydrogen (secondary N) is 2. The first-order valence-electron chi connectivity index (χ1n) is 6.51. The standard InChI is InChI=1S/C13H19FN2O2S/c1-2-3-6-16-19(17,18)9-13-12-5-4-11(14)7-10(12)8-15-13/h4-5,7,13,15-16H,2-3,6,8-9H2,1H3. The summed E-state index contributed by atoms with van der Waals surface area (Å²) in [7, 11) is -3.30. The van der Waals surface area contributed by atoms with Crippen molar-refractivity contribution in [1.82, 2.24) is 10.0 Å². The van der Waals surface area contributed by atoms with Crippen LogP contribution in [0.1, 0.15) is 36.9 Å². The molecule has 2 N–H and O–H groups in total. The third-order valence-electron chi connectivity index (χ3n) is 3.26. The average Bonchev–Trinajstić information content (AvgIpc) is 2.71. The Balaban J connectivity index is 2.02. The molecule has 1 aliphatic heterocycles. The van der Waals surface area contributed by atoms with Gasteiger partial charge < -0.3 is 5.32 Å². The molecule has 1 heterocycles. The van der Waals surface area contributed by atoms with Gasteiger partial charge in [0.05, 0.1) is 5.75 Å². The molecule has 4 nitrogen and oxygen atoms in total. The molecule has 1 unspecified atom stereocenters. The van der Waals surface area contributed by atoms with E-state index in [1.54, 1.807) is 6.07 Å². The van der Waals surface area contributed by atoms with Crippen LogP contribution in [0.5, 0.6) is 0 Å². The van der Waals surface area contributed by atoms with E-state index < -0.39 is 10.0 Å². The molecule has 0 bridgehead atoms. The van der Waals surface area contributed by atoms with Gasteiger partial charge >= 0.3 is 0 Å². The van der Waals surface area contributed by atoms with Crippen LogP contribution in [0.3, 0.4) is 0 Å². The summed E-state index contributed by atoms with van der Waals surface area (Å²) in [6, 6.07) is 4.24. The lowest BCUT2D eigenvalue weighted by atomic mass is 10.1. The largest absolute Gasteiger partial charge is 0.305 e. The summed E-state index contributed by atoms with van der Waals surface area (Å²) in [6.45, 7) is 3.00. The van der Waals surface area contributed by atoms with Crippen LogP contribution >= 0.6 is 0 Å². The van der Waals surface area contributed by atoms with Gasteiger partial charge in [0.15, 0.2) is 0 Å². The maximum atomic E-state index is 13.1. The summed E-state index contributed by atoms with van der Waals surface area (Å²) in [4.78, 5) is 0. The number of fused-ring (bicyclic) bond motifs is 1. The molecule has 106 valence electrons. The molecular weight excluding hydrogens is 267 g/mol. The van der Waals surface area contributed by atoms with E-state index in [9.17, 15) is 12.8 Å². The van der Waals surface area contributed by atoms with Gasteiger partial charge in [-0.3, -0.25) is 0 Å². The molecule has 19 heavy (non-hydrogen) atoms. The zero-order chi connectivity index (χ0) is 13.9. The number of unbranched alkanes of at least 4 members (excludes halogenated alkanes) is 1. The second kappa shape index (κ2) is 5.98. The molecule has 0 spiro atoms. The fourth-order valence-electron chi connectivity index (χ4n) is 2.24. The van der Waals surface area contributed by atoms with Gasteiger partial charge in [0, 0.05) is 19.1 Å². The van der Waals surface area contributed by atoms with Gasteiger partial charge in [-0.05, 0) is 29.7 Å². The van der Waals surface area contributed by atoms with Crippen molar-refractivity contribution < 1.29 is 12.8 Å². The highest BCUT2D eigenvalue weighted by molar-refractivity contribution is 7.89. The third-order valence-corrected chi connectivity index (χ3v) is 4.67. The molecule has 0 aromatic heterocycles. The maximum Gasteiger partial charge on any atom is 0.213 e. The monoisotopic (exact) mass is 286 g/mol. The Morgan fingerprint density at radius 2 is 2.26 bits per heavy atom. The number of hydrogen-bond donors (Lipinski definition) is 2. The molecule has 6 heteroatoms. The van der Waals surface area contributed by atoms with E-state index in [0.29, 0.717) is 13.1 Å². The second-order valence-corrected chi connectivity index (χ2v) is 6.66. The average molecular weight is 286 g/mol. The zero-order valence-corrected chi connectivity index (χ0v) is 11.8. The molecule has 0 aliphatic carbocycles. The maximum absolute atomic E-state index is 13.1. The van der Waals surface area contributed by atoms with Crippen LogP contribution in [0.25, 0.3) is 0 Å². The first kappa shape index (κ1) is 14.4. The van der Waals surface area contributed by atoms with E-state index in [-0.39, 0.29) is 17.6 Å². The summed E-state index contributed by atoms with van der Waals surface area (Å²) < 4.78 is 39.5. The van der Waals surface area contributed by atoms with E-state index in [2.05, 4.69) is 10.0 Å². The van der Waals surface area contributed by atoms with Gasteiger partial charge in [-0.15, -0.1) is 0 Å². The van der Waals surface area contributed by atoms with Crippen LogP contribution in [0.2, 0.25) is 0 Å². The van der Waals surface area contributed by atoms with E-state index >= 15 is 0 Å². The summed E-state index contributed by atoms with van der Waals surface area (Å²) in [5, 5.41) is 3.11. The fraction of sp³-hybridized carbons (Fsp3) is 0.538. The molecule has 1 atom stereocenters. The van der Waals surface area contributed by atoms with E-state index in [0.717, 1.165) is 24.0 Å². The quantitative estimate of drug-likeness (QED) is 0.782. The Kier molecular flexibility index (Phi) is 4.54. The number of hydrogen-bond acceptors (Lipinski definition) is 3. The predicted octanol–water partition coefficient (Wildman–Crippen LogP) is 1.69. The molecule has 2 rings (SSSR count). The number of sulfonamides is 1. The number of rotatable bonds is 6. The Bertz CT molecular complexity index is 546. The Morgan fingerprint density at radius 1 is 1.47 bits per heavy atom. The lowest BCUT2D eigenvalue weighted by Crippen LogP contribution is -2.32. The normalized spacial score (nSPS) is 18.5. The molecule has 1 aromatic carbocycles. The Morgan fingerprint density at radius 3 is 3.00 bits per heavy atom. The van der Waals surface area contributed by atoms with Crippen LogP contribution in [0, 0.1) is 5.82 Å². The van der Waals surface area contributed by atoms with Gasteiger partial charge in [-0.25, -0.2) is 17.5 Å². The van der Waals surface area contributed by atoms with Crippen LogP contribution in [0.4, 0.5) is 4.39 Å². The SMILES string of the molecule is CCCCNS(=O)(=O)CC1NCc2cc(F)ccc21. The molecule has 0 saturated heterocycles. The number of benzene rings is 1. The zero-order valence-electron chi connectivity index (χ0n) is 10.9. The van der Waals surface area contributed by atoms with E-state index in [1.165, 1.54) is 12.1 Å². The van der Waals surface area contributed by atoms with Crippen molar-refractivity contribution >= 4 is 10.0 Å². The highest BCUT2D eigenvalue weighted by Crippen LogP contribution is 2.26. The molecular formula is C13H19FN2O2S. The summed E-state index contributed by atoms with van der Waals surface area (Å²) in [5.41, 5.74) is 1.72. The third kappa shape index (κ3) is 3.75. The minimum atomic E-state index is -3.30. The molecule has 0 saturated carbocycles. The topological polar surface area (TPSA) is 58.2 Å². The van der Waals surface area contributed by atoms with Gasteiger partial charge in [-0.2, -0.15) is 0 Å². The van der Waals surface area contributed by atoms with Gasteiger partial charge in [0.2, 0.25) is 10.0 Å². The highest BCUT2D eigenvalue weighted by Gasteiger charge is 2.26. The number of halogens is 1. The molecule has 0 radical (unpaired) electrons. The Labute approximate surface area is 113 Å². The minimum absolute atomic E-state index is 0.00462. The van der Waals surface area contributed by atoms with Crippen molar-refractivity contribution in [2.75, 3.05) is 12.3 Å². The van der Waals surface area contributed by atoms with Crippen molar-refractivity contribution in [3.05, 3.63) is 35.1 Å². The van der Waals surface area contributed by atoms with Crippen molar-refractivity contribution in [3.8, 4) is 0 Å². The first-order chi connectivity index (χ1) is 9.02. The van der Waals surface area contributed by atoms with Crippen molar-refractivity contribution in [1.29, 1.82) is 0 Å². The summed E-state index contributed by atoms with van der Waals surface area (Å²) in [5.74, 6) is -0.292. The van der Waals surface area contributed by atoms with E-state index in [4.69, 9.17) is 0 Å². The van der Waals surface area contributed by atoms with Gasteiger partial charge in [0.25, 0.3) is 0 Å². The highest BCUT2D eigenvalue weighted by atomic mass is 32.2. The molecule has 0 amide bonds. The summed E-state index contributed by atoms with van der Waals surface area (Å²) >= 11 is 0. The van der Waals surface area contributed by atoms with Crippen molar-refractivity contribution in [3.63, 3.8) is 0 Å².